The topological polar surface area (TPSA) is 189 Å². The van der Waals surface area contributed by atoms with Crippen molar-refractivity contribution >= 4 is 35.3 Å². The number of thioether (sulfide) groups is 1. The minimum Gasteiger partial charge on any atom is -0.455 e. The van der Waals surface area contributed by atoms with Crippen LogP contribution in [0.1, 0.15) is 35.5 Å². The smallest absolute Gasteiger partial charge is 0.312 e. The van der Waals surface area contributed by atoms with Crippen LogP contribution in [-0.4, -0.2) is 52.3 Å². The summed E-state index contributed by atoms with van der Waals surface area (Å²) in [5, 5.41) is 39.4. The van der Waals surface area contributed by atoms with Gasteiger partial charge in [0.05, 0.1) is 21.8 Å². The van der Waals surface area contributed by atoms with Gasteiger partial charge in [0.2, 0.25) is 0 Å². The summed E-state index contributed by atoms with van der Waals surface area (Å²) in [6.45, 7) is 7.94. The molecule has 1 N–H and O–H groups in total. The third-order valence-corrected chi connectivity index (χ3v) is 7.18. The second-order valence-electron chi connectivity index (χ2n) is 8.93. The number of aryl methyl sites for hydroxylation is 4. The van der Waals surface area contributed by atoms with Gasteiger partial charge in [0.1, 0.15) is 28.7 Å². The number of nitro benzene ring substituents is 1. The number of hydrogen-bond acceptors (Lipinski definition) is 11. The van der Waals surface area contributed by atoms with Crippen molar-refractivity contribution in [1.29, 1.82) is 0 Å². The summed E-state index contributed by atoms with van der Waals surface area (Å²) in [4.78, 5) is 33.7. The Morgan fingerprint density at radius 3 is 2.59 bits per heavy atom. The van der Waals surface area contributed by atoms with E-state index in [0.29, 0.717) is 64.5 Å². The van der Waals surface area contributed by atoms with Crippen LogP contribution >= 0.6 is 11.8 Å². The quantitative estimate of drug-likeness (QED) is 0.111. The van der Waals surface area contributed by atoms with E-state index in [1.54, 1.807) is 43.7 Å². The van der Waals surface area contributed by atoms with Crippen molar-refractivity contribution in [2.24, 2.45) is 5.10 Å². The maximum atomic E-state index is 12.4. The van der Waals surface area contributed by atoms with E-state index in [9.17, 15) is 25.0 Å². The number of furan rings is 1. The molecule has 15 nitrogen and oxygen atoms in total. The van der Waals surface area contributed by atoms with Crippen LogP contribution in [0.3, 0.4) is 0 Å². The maximum Gasteiger partial charge on any atom is 0.312 e. The number of carbonyl (C=O) groups excluding carboxylic acids is 1. The molecular formula is C25H27N9O6S. The molecule has 0 aliphatic rings. The molecule has 0 atom stereocenters. The number of aromatic nitrogens is 5. The SMILES string of the molecule is CCn1c(CCn2nc(C)c([N+](=O)[O-])c2C)nnc1SCC(=O)N/N=C\c1ccc(-c2ccc([N+](=O)[O-])cc2C)o1. The molecule has 0 fully saturated rings. The number of benzene rings is 1. The molecule has 1 amide bonds. The van der Waals surface area contributed by atoms with E-state index >= 15 is 0 Å². The van der Waals surface area contributed by atoms with Gasteiger partial charge in [-0.2, -0.15) is 10.2 Å². The number of nitro groups is 2. The molecule has 4 rings (SSSR count). The van der Waals surface area contributed by atoms with E-state index in [4.69, 9.17) is 4.42 Å². The summed E-state index contributed by atoms with van der Waals surface area (Å²) in [5.74, 6) is 1.29. The second-order valence-corrected chi connectivity index (χ2v) is 9.88. The van der Waals surface area contributed by atoms with Crippen molar-refractivity contribution in [1.82, 2.24) is 30.0 Å². The normalized spacial score (nSPS) is 11.3. The second kappa shape index (κ2) is 12.5. The molecule has 0 aliphatic heterocycles. The summed E-state index contributed by atoms with van der Waals surface area (Å²) in [6, 6.07) is 7.90. The number of carbonyl (C=O) groups is 1. The Hall–Kier alpha value is -4.86. The van der Waals surface area contributed by atoms with E-state index < -0.39 is 9.85 Å². The Bertz CT molecular complexity index is 1640. The van der Waals surface area contributed by atoms with Crippen LogP contribution < -0.4 is 5.43 Å². The van der Waals surface area contributed by atoms with Gasteiger partial charge >= 0.3 is 5.69 Å². The minimum atomic E-state index is -0.454. The number of amides is 1. The van der Waals surface area contributed by atoms with Crippen molar-refractivity contribution in [3.8, 4) is 11.3 Å². The fraction of sp³-hybridized carbons (Fsp3) is 0.320. The zero-order valence-corrected chi connectivity index (χ0v) is 23.5. The molecule has 0 saturated heterocycles. The third-order valence-electron chi connectivity index (χ3n) is 6.21. The van der Waals surface area contributed by atoms with Crippen LogP contribution in [0.2, 0.25) is 0 Å². The molecule has 4 aromatic rings. The van der Waals surface area contributed by atoms with Crippen molar-refractivity contribution in [3.63, 3.8) is 0 Å². The van der Waals surface area contributed by atoms with E-state index in [-0.39, 0.29) is 23.0 Å². The lowest BCUT2D eigenvalue weighted by molar-refractivity contribution is -0.386. The van der Waals surface area contributed by atoms with Crippen LogP contribution in [0, 0.1) is 41.0 Å². The third kappa shape index (κ3) is 6.66. The molecule has 0 aliphatic carbocycles. The minimum absolute atomic E-state index is 0.00117. The molecule has 16 heteroatoms. The molecule has 0 bridgehead atoms. The summed E-state index contributed by atoms with van der Waals surface area (Å²) < 4.78 is 9.21. The van der Waals surface area contributed by atoms with Crippen LogP contribution in [-0.2, 0) is 24.3 Å². The predicted molar refractivity (Wildman–Crippen MR) is 150 cm³/mol. The van der Waals surface area contributed by atoms with Gasteiger partial charge in [-0.05, 0) is 51.5 Å². The average Bonchev–Trinajstić information content (AvgIpc) is 3.62. The summed E-state index contributed by atoms with van der Waals surface area (Å²) in [6.07, 6.45) is 1.82. The molecule has 3 heterocycles. The first-order valence-electron chi connectivity index (χ1n) is 12.5. The highest BCUT2D eigenvalue weighted by molar-refractivity contribution is 7.99. The Morgan fingerprint density at radius 1 is 1.15 bits per heavy atom. The van der Waals surface area contributed by atoms with E-state index in [1.807, 2.05) is 11.5 Å². The monoisotopic (exact) mass is 581 g/mol. The number of nitrogens with zero attached hydrogens (tertiary/aromatic N) is 8. The Balaban J connectivity index is 1.30. The molecular weight excluding hydrogens is 554 g/mol. The van der Waals surface area contributed by atoms with Gasteiger partial charge in [0.25, 0.3) is 11.6 Å². The van der Waals surface area contributed by atoms with Crippen molar-refractivity contribution in [2.75, 3.05) is 5.75 Å². The number of nitrogens with one attached hydrogen (secondary N) is 1. The van der Waals surface area contributed by atoms with Crippen LogP contribution in [0.15, 0.2) is 45.0 Å². The van der Waals surface area contributed by atoms with Crippen LogP contribution in [0.25, 0.3) is 11.3 Å². The molecule has 1 aromatic carbocycles. The van der Waals surface area contributed by atoms with Gasteiger partial charge < -0.3 is 8.98 Å². The molecule has 0 spiro atoms. The predicted octanol–water partition coefficient (Wildman–Crippen LogP) is 3.98. The number of non-ortho nitro benzene ring substituents is 1. The molecule has 214 valence electrons. The lowest BCUT2D eigenvalue weighted by Gasteiger charge is -2.08. The van der Waals surface area contributed by atoms with Gasteiger partial charge in [0, 0.05) is 37.2 Å². The highest BCUT2D eigenvalue weighted by atomic mass is 32.2. The highest BCUT2D eigenvalue weighted by Crippen LogP contribution is 2.28. The lowest BCUT2D eigenvalue weighted by atomic mass is 10.1. The molecule has 0 saturated carbocycles. The van der Waals surface area contributed by atoms with Crippen molar-refractivity contribution in [2.45, 2.75) is 52.4 Å². The Morgan fingerprint density at radius 2 is 1.93 bits per heavy atom. The maximum absolute atomic E-state index is 12.4. The van der Waals surface area contributed by atoms with Gasteiger partial charge in [-0.1, -0.05) is 11.8 Å². The van der Waals surface area contributed by atoms with Gasteiger partial charge in [-0.3, -0.25) is 29.7 Å². The van der Waals surface area contributed by atoms with Gasteiger partial charge in [0.15, 0.2) is 5.16 Å². The standard InChI is InChI=1S/C25H27N9O6S/c1-5-31-22(10-11-32-17(4)24(34(38)39)16(3)30-32)27-29-25(31)41-14-23(35)28-26-13-19-7-9-21(40-19)20-8-6-18(33(36)37)12-15(20)2/h6-9,12-13H,5,10-11,14H2,1-4H3,(H,28,35)/b26-13-. The number of hydrogen-bond donors (Lipinski definition) is 1. The van der Waals surface area contributed by atoms with Gasteiger partial charge in [-0.25, -0.2) is 5.43 Å². The van der Waals surface area contributed by atoms with Crippen LogP contribution in [0.4, 0.5) is 11.4 Å². The first-order valence-corrected chi connectivity index (χ1v) is 13.5. The van der Waals surface area contributed by atoms with E-state index in [2.05, 4.69) is 25.8 Å². The first kappa shape index (κ1) is 29.1. The van der Waals surface area contributed by atoms with Crippen molar-refractivity contribution < 1.29 is 19.1 Å². The fourth-order valence-corrected chi connectivity index (χ4v) is 5.05. The van der Waals surface area contributed by atoms with E-state index in [1.165, 1.54) is 30.1 Å². The average molecular weight is 582 g/mol. The summed E-state index contributed by atoms with van der Waals surface area (Å²) >= 11 is 1.21. The number of rotatable bonds is 12. The Kier molecular flexibility index (Phi) is 8.91. The zero-order valence-electron chi connectivity index (χ0n) is 22.7. The Labute approximate surface area is 237 Å². The van der Waals surface area contributed by atoms with Crippen molar-refractivity contribution in [3.05, 3.63) is 79.1 Å². The van der Waals surface area contributed by atoms with E-state index in [0.717, 1.165) is 0 Å². The molecule has 0 radical (unpaired) electrons. The largest absolute Gasteiger partial charge is 0.455 e. The van der Waals surface area contributed by atoms with Gasteiger partial charge in [-0.15, -0.1) is 10.2 Å². The molecule has 3 aromatic heterocycles. The van der Waals surface area contributed by atoms with Crippen LogP contribution in [0.5, 0.6) is 0 Å². The summed E-state index contributed by atoms with van der Waals surface area (Å²) in [7, 11) is 0. The zero-order chi connectivity index (χ0) is 29.7. The first-order chi connectivity index (χ1) is 19.6. The molecule has 41 heavy (non-hydrogen) atoms. The fourth-order valence-electron chi connectivity index (χ4n) is 4.24. The summed E-state index contributed by atoms with van der Waals surface area (Å²) in [5.41, 5.74) is 4.71. The molecule has 0 unspecified atom stereocenters. The highest BCUT2D eigenvalue weighted by Gasteiger charge is 2.22. The lowest BCUT2D eigenvalue weighted by Crippen LogP contribution is -2.20. The number of hydrazone groups is 1.